The van der Waals surface area contributed by atoms with Gasteiger partial charge in [-0.05, 0) is 42.8 Å². The van der Waals surface area contributed by atoms with Crippen LogP contribution < -0.4 is 10.1 Å². The number of hydrogen-bond acceptors (Lipinski definition) is 6. The van der Waals surface area contributed by atoms with Gasteiger partial charge in [-0.15, -0.1) is 11.8 Å². The van der Waals surface area contributed by atoms with Crippen molar-refractivity contribution in [2.24, 2.45) is 4.99 Å². The van der Waals surface area contributed by atoms with Gasteiger partial charge in [0, 0.05) is 25.2 Å². The van der Waals surface area contributed by atoms with Crippen LogP contribution in [-0.2, 0) is 14.3 Å². The quantitative estimate of drug-likeness (QED) is 0.505. The number of rotatable bonds is 7. The normalized spacial score (nSPS) is 22.2. The summed E-state index contributed by atoms with van der Waals surface area (Å²) in [6.45, 7) is 5.01. The molecular weight excluding hydrogens is 426 g/mol. The van der Waals surface area contributed by atoms with Gasteiger partial charge >= 0.3 is 0 Å². The largest absolute Gasteiger partial charge is 0.497 e. The highest BCUT2D eigenvalue weighted by molar-refractivity contribution is 8.05. The number of thioether (sulfide) groups is 1. The van der Waals surface area contributed by atoms with Crippen LogP contribution in [0.15, 0.2) is 58.0 Å². The molecule has 168 valence electrons. The number of aliphatic imine (C=N–C) groups is 1. The van der Waals surface area contributed by atoms with Gasteiger partial charge < -0.3 is 14.8 Å². The second kappa shape index (κ2) is 10.8. The Bertz CT molecular complexity index is 975. The van der Waals surface area contributed by atoms with Gasteiger partial charge in [-0.3, -0.25) is 14.5 Å². The summed E-state index contributed by atoms with van der Waals surface area (Å²) in [5, 5.41) is 2.89. The maximum atomic E-state index is 12.5. The summed E-state index contributed by atoms with van der Waals surface area (Å²) in [6.07, 6.45) is 8.19. The van der Waals surface area contributed by atoms with Crippen LogP contribution in [0.3, 0.4) is 0 Å². The van der Waals surface area contributed by atoms with E-state index in [1.54, 1.807) is 13.2 Å². The van der Waals surface area contributed by atoms with Crippen LogP contribution in [0.1, 0.15) is 12.0 Å². The van der Waals surface area contributed by atoms with E-state index in [0.717, 1.165) is 50.6 Å². The SMILES string of the molecule is COc1ccc(/C=C2/SC3C=CC(C(=O)NCCCN4CCOCC4)=CC3=NC2=O)cc1. The molecule has 8 heteroatoms. The molecule has 1 aliphatic carbocycles. The summed E-state index contributed by atoms with van der Waals surface area (Å²) >= 11 is 1.45. The standard InChI is InChI=1S/C24H27N3O4S/c1-30-19-6-3-17(4-7-19)15-22-24(29)26-20-16-18(5-8-21(20)32-22)23(28)25-9-2-10-27-11-13-31-14-12-27/h3-8,15-16,21H,2,9-14H2,1H3,(H,25,28)/b22-15+. The van der Waals surface area contributed by atoms with E-state index in [1.807, 2.05) is 42.5 Å². The Balaban J connectivity index is 1.33. The van der Waals surface area contributed by atoms with Gasteiger partial charge in [-0.1, -0.05) is 24.3 Å². The van der Waals surface area contributed by atoms with Crippen molar-refractivity contribution in [1.82, 2.24) is 10.2 Å². The first-order valence-corrected chi connectivity index (χ1v) is 11.6. The van der Waals surface area contributed by atoms with Crippen LogP contribution in [0, 0.1) is 0 Å². The summed E-state index contributed by atoms with van der Waals surface area (Å²) < 4.78 is 10.5. The van der Waals surface area contributed by atoms with Crippen molar-refractivity contribution in [2.45, 2.75) is 11.7 Å². The summed E-state index contributed by atoms with van der Waals surface area (Å²) in [6, 6.07) is 7.51. The molecule has 3 aliphatic rings. The molecule has 2 amide bonds. The molecule has 0 saturated carbocycles. The molecule has 1 saturated heterocycles. The van der Waals surface area contributed by atoms with Crippen molar-refractivity contribution < 1.29 is 19.1 Å². The molecule has 0 bridgehead atoms. The van der Waals surface area contributed by atoms with E-state index < -0.39 is 0 Å². The van der Waals surface area contributed by atoms with Gasteiger partial charge in [0.1, 0.15) is 5.75 Å². The number of nitrogens with one attached hydrogen (secondary N) is 1. The Kier molecular flexibility index (Phi) is 7.57. The van der Waals surface area contributed by atoms with Gasteiger partial charge in [0.15, 0.2) is 0 Å². The van der Waals surface area contributed by atoms with Crippen LogP contribution in [0.25, 0.3) is 6.08 Å². The summed E-state index contributed by atoms with van der Waals surface area (Å²) in [5.41, 5.74) is 2.06. The highest BCUT2D eigenvalue weighted by atomic mass is 32.2. The van der Waals surface area contributed by atoms with Crippen LogP contribution >= 0.6 is 11.8 Å². The lowest BCUT2D eigenvalue weighted by Crippen LogP contribution is -2.38. The van der Waals surface area contributed by atoms with Crippen molar-refractivity contribution in [3.05, 3.63) is 58.5 Å². The first kappa shape index (κ1) is 22.5. The number of benzene rings is 1. The fraction of sp³-hybridized carbons (Fsp3) is 0.375. The molecule has 4 rings (SSSR count). The molecule has 1 atom stereocenters. The number of amides is 2. The monoisotopic (exact) mass is 453 g/mol. The minimum absolute atomic E-state index is 0.0740. The number of ether oxygens (including phenoxy) is 2. The Hall–Kier alpha value is -2.68. The lowest BCUT2D eigenvalue weighted by atomic mass is 10.0. The first-order chi connectivity index (χ1) is 15.6. The van der Waals surface area contributed by atoms with Gasteiger partial charge in [0.25, 0.3) is 11.8 Å². The van der Waals surface area contributed by atoms with E-state index in [-0.39, 0.29) is 17.1 Å². The first-order valence-electron chi connectivity index (χ1n) is 10.8. The maximum absolute atomic E-state index is 12.5. The number of morpholine rings is 1. The molecule has 32 heavy (non-hydrogen) atoms. The molecule has 0 spiro atoms. The summed E-state index contributed by atoms with van der Waals surface area (Å²) in [4.78, 5) is 32.2. The van der Waals surface area contributed by atoms with Crippen LogP contribution in [0.4, 0.5) is 0 Å². The highest BCUT2D eigenvalue weighted by Crippen LogP contribution is 2.34. The molecule has 1 N–H and O–H groups in total. The predicted molar refractivity (Wildman–Crippen MR) is 127 cm³/mol. The van der Waals surface area contributed by atoms with Gasteiger partial charge in [-0.25, -0.2) is 4.99 Å². The predicted octanol–water partition coefficient (Wildman–Crippen LogP) is 2.45. The van der Waals surface area contributed by atoms with Gasteiger partial charge in [0.05, 0.1) is 36.2 Å². The molecule has 2 aliphatic heterocycles. The number of hydrogen-bond donors (Lipinski definition) is 1. The van der Waals surface area contributed by atoms with Crippen LogP contribution in [0.5, 0.6) is 5.75 Å². The van der Waals surface area contributed by atoms with E-state index >= 15 is 0 Å². The average Bonchev–Trinajstić information content (AvgIpc) is 2.83. The van der Waals surface area contributed by atoms with Gasteiger partial charge in [-0.2, -0.15) is 0 Å². The van der Waals surface area contributed by atoms with Crippen molar-refractivity contribution in [2.75, 3.05) is 46.5 Å². The van der Waals surface area contributed by atoms with Crippen molar-refractivity contribution in [3.8, 4) is 5.75 Å². The van der Waals surface area contributed by atoms with E-state index in [9.17, 15) is 9.59 Å². The van der Waals surface area contributed by atoms with E-state index in [1.165, 1.54) is 11.8 Å². The molecular formula is C24H27N3O4S. The summed E-state index contributed by atoms with van der Waals surface area (Å²) in [5.74, 6) is 0.345. The Labute approximate surface area is 192 Å². The number of allylic oxidation sites excluding steroid dienone is 1. The second-order valence-corrected chi connectivity index (χ2v) is 8.87. The van der Waals surface area contributed by atoms with Crippen LogP contribution in [0.2, 0.25) is 0 Å². The molecule has 1 unspecified atom stereocenters. The zero-order valence-electron chi connectivity index (χ0n) is 18.1. The summed E-state index contributed by atoms with van der Waals surface area (Å²) in [7, 11) is 1.62. The number of methoxy groups -OCH3 is 1. The Morgan fingerprint density at radius 3 is 2.84 bits per heavy atom. The lowest BCUT2D eigenvalue weighted by molar-refractivity contribution is -0.117. The Morgan fingerprint density at radius 2 is 2.09 bits per heavy atom. The van der Waals surface area contributed by atoms with Crippen molar-refractivity contribution in [3.63, 3.8) is 0 Å². The van der Waals surface area contributed by atoms with Crippen molar-refractivity contribution in [1.29, 1.82) is 0 Å². The third-order valence-corrected chi connectivity index (χ3v) is 6.66. The fourth-order valence-electron chi connectivity index (χ4n) is 3.65. The molecule has 7 nitrogen and oxygen atoms in total. The van der Waals surface area contributed by atoms with E-state index in [2.05, 4.69) is 15.2 Å². The lowest BCUT2D eigenvalue weighted by Gasteiger charge is -2.26. The third-order valence-electron chi connectivity index (χ3n) is 5.46. The minimum atomic E-state index is -0.283. The molecule has 1 fully saturated rings. The Morgan fingerprint density at radius 1 is 1.31 bits per heavy atom. The third kappa shape index (κ3) is 5.76. The molecule has 0 radical (unpaired) electrons. The minimum Gasteiger partial charge on any atom is -0.497 e. The van der Waals surface area contributed by atoms with Crippen molar-refractivity contribution >= 4 is 35.4 Å². The van der Waals surface area contributed by atoms with Gasteiger partial charge in [0.2, 0.25) is 0 Å². The smallest absolute Gasteiger partial charge is 0.283 e. The molecule has 1 aromatic rings. The van der Waals surface area contributed by atoms with E-state index in [4.69, 9.17) is 9.47 Å². The highest BCUT2D eigenvalue weighted by Gasteiger charge is 2.28. The molecule has 2 heterocycles. The fourth-order valence-corrected chi connectivity index (χ4v) is 4.68. The number of carbonyl (C=O) groups is 2. The number of fused-ring (bicyclic) bond motifs is 1. The molecule has 0 aromatic heterocycles. The topological polar surface area (TPSA) is 80.2 Å². The van der Waals surface area contributed by atoms with E-state index in [0.29, 0.717) is 22.7 Å². The number of carbonyl (C=O) groups excluding carboxylic acids is 2. The maximum Gasteiger partial charge on any atom is 0.283 e. The second-order valence-electron chi connectivity index (χ2n) is 7.68. The zero-order chi connectivity index (χ0) is 22.3. The zero-order valence-corrected chi connectivity index (χ0v) is 18.9. The van der Waals surface area contributed by atoms with Crippen LogP contribution in [-0.4, -0.2) is 74.2 Å². The average molecular weight is 454 g/mol. The molecule has 1 aromatic carbocycles. The number of nitrogens with zero attached hydrogens (tertiary/aromatic N) is 2.